The van der Waals surface area contributed by atoms with Crippen LogP contribution < -0.4 is 11.0 Å². The first-order chi connectivity index (χ1) is 29.1. The van der Waals surface area contributed by atoms with Gasteiger partial charge in [-0.05, 0) is 77.9 Å². The van der Waals surface area contributed by atoms with E-state index >= 15 is 0 Å². The molecule has 0 spiro atoms. The van der Waals surface area contributed by atoms with Gasteiger partial charge in [-0.1, -0.05) is 121 Å². The van der Waals surface area contributed by atoms with Gasteiger partial charge in [-0.3, -0.25) is 23.9 Å². The number of aryl methyl sites for hydroxylation is 2. The first-order valence-electron chi connectivity index (χ1n) is 20.0. The van der Waals surface area contributed by atoms with E-state index < -0.39 is 41.4 Å². The third-order valence-corrected chi connectivity index (χ3v) is 11.0. The summed E-state index contributed by atoms with van der Waals surface area (Å²) in [6.45, 7) is 6.59. The molecular weight excluding hydrogens is 757 g/mol. The summed E-state index contributed by atoms with van der Waals surface area (Å²) in [6.07, 6.45) is -0.371. The Bertz CT molecular complexity index is 2360. The molecule has 1 aromatic heterocycles. The molecule has 6 aromatic rings. The number of rotatable bonds is 14. The zero-order chi connectivity index (χ0) is 42.1. The Morgan fingerprint density at radius 3 is 1.77 bits per heavy atom. The van der Waals surface area contributed by atoms with Crippen molar-refractivity contribution in [1.82, 2.24) is 14.5 Å². The summed E-state index contributed by atoms with van der Waals surface area (Å²) in [5.41, 5.74) is 6.18. The standard InChI is InChI=1S/C49H48N4O7/c1-34-28-37(29-35(2)36(34)3)32-58-45(54)24-25-46(55)59-33-42-30-52(31-44(60-42)53-27-26-43(51-48(53)57)50-47(56)38-16-8-4-9-17-38)49(39-18-10-5-11-19-39,40-20-12-6-13-21-40)41-22-14-7-15-23-41/h4-23,26-29,42,44H,24-25,30-33H2,1-3H3,(H,50,51,56,57)/t42-,44+/m0/s1. The van der Waals surface area contributed by atoms with E-state index in [2.05, 4.69) is 58.5 Å². The Morgan fingerprint density at radius 1 is 0.717 bits per heavy atom. The van der Waals surface area contributed by atoms with Crippen molar-refractivity contribution in [3.05, 3.63) is 201 Å². The van der Waals surface area contributed by atoms with E-state index in [1.807, 2.05) is 86.6 Å². The number of nitrogens with zero attached hydrogens (tertiary/aromatic N) is 3. The summed E-state index contributed by atoms with van der Waals surface area (Å²) in [6, 6.07) is 44.6. The van der Waals surface area contributed by atoms with Gasteiger partial charge >= 0.3 is 17.6 Å². The molecule has 2 heterocycles. The summed E-state index contributed by atoms with van der Waals surface area (Å²) < 4.78 is 19.3. The number of ether oxygens (including phenoxy) is 3. The van der Waals surface area contributed by atoms with Crippen molar-refractivity contribution in [2.45, 2.75) is 58.1 Å². The third-order valence-electron chi connectivity index (χ3n) is 11.0. The second kappa shape index (κ2) is 18.9. The number of hydrogen-bond donors (Lipinski definition) is 1. The fourth-order valence-corrected chi connectivity index (χ4v) is 7.81. The zero-order valence-corrected chi connectivity index (χ0v) is 34.0. The van der Waals surface area contributed by atoms with E-state index in [0.29, 0.717) is 12.1 Å². The molecule has 1 aliphatic heterocycles. The molecular formula is C49H48N4O7. The number of esters is 2. The minimum Gasteiger partial charge on any atom is -0.463 e. The van der Waals surface area contributed by atoms with Crippen LogP contribution in [0.15, 0.2) is 151 Å². The smallest absolute Gasteiger partial charge is 0.351 e. The number of benzene rings is 5. The number of carbonyl (C=O) groups excluding carboxylic acids is 3. The second-order valence-corrected chi connectivity index (χ2v) is 14.9. The van der Waals surface area contributed by atoms with E-state index in [4.69, 9.17) is 14.2 Å². The summed E-state index contributed by atoms with van der Waals surface area (Å²) in [5, 5.41) is 2.71. The number of anilines is 1. The summed E-state index contributed by atoms with van der Waals surface area (Å²) >= 11 is 0. The fourth-order valence-electron chi connectivity index (χ4n) is 7.81. The predicted octanol–water partition coefficient (Wildman–Crippen LogP) is 7.68. The van der Waals surface area contributed by atoms with Crippen molar-refractivity contribution in [2.24, 2.45) is 0 Å². The maximum Gasteiger partial charge on any atom is 0.351 e. The Balaban J connectivity index is 1.15. The number of nitrogens with one attached hydrogen (secondary N) is 1. The van der Waals surface area contributed by atoms with Crippen LogP contribution in [-0.2, 0) is 35.9 Å². The minimum atomic E-state index is -0.888. The Labute approximate surface area is 349 Å². The second-order valence-electron chi connectivity index (χ2n) is 14.9. The quantitative estimate of drug-likeness (QED) is 0.0871. The third kappa shape index (κ3) is 9.44. The Hall–Kier alpha value is -6.69. The van der Waals surface area contributed by atoms with Crippen LogP contribution in [0.4, 0.5) is 5.82 Å². The van der Waals surface area contributed by atoms with Crippen molar-refractivity contribution in [1.29, 1.82) is 0 Å². The molecule has 1 saturated heterocycles. The van der Waals surface area contributed by atoms with Gasteiger partial charge in [-0.15, -0.1) is 0 Å². The maximum absolute atomic E-state index is 13.8. The van der Waals surface area contributed by atoms with Crippen LogP contribution in [-0.4, -0.2) is 58.1 Å². The molecule has 306 valence electrons. The van der Waals surface area contributed by atoms with Crippen LogP contribution >= 0.6 is 0 Å². The molecule has 1 fully saturated rings. The monoisotopic (exact) mass is 804 g/mol. The Morgan fingerprint density at radius 2 is 1.23 bits per heavy atom. The molecule has 5 aromatic carbocycles. The number of carbonyl (C=O) groups is 3. The molecule has 11 nitrogen and oxygen atoms in total. The van der Waals surface area contributed by atoms with Gasteiger partial charge in [-0.25, -0.2) is 4.79 Å². The van der Waals surface area contributed by atoms with E-state index in [1.54, 1.807) is 36.5 Å². The van der Waals surface area contributed by atoms with Gasteiger partial charge in [0.25, 0.3) is 5.91 Å². The lowest BCUT2D eigenvalue weighted by Crippen LogP contribution is -2.58. The van der Waals surface area contributed by atoms with Crippen LogP contribution in [0.5, 0.6) is 0 Å². The van der Waals surface area contributed by atoms with Gasteiger partial charge in [0.05, 0.1) is 18.4 Å². The van der Waals surface area contributed by atoms with Crippen LogP contribution in [0.1, 0.15) is 68.4 Å². The van der Waals surface area contributed by atoms with Crippen LogP contribution in [0.2, 0.25) is 0 Å². The van der Waals surface area contributed by atoms with Crippen molar-refractivity contribution in [3.63, 3.8) is 0 Å². The summed E-state index contributed by atoms with van der Waals surface area (Å²) in [7, 11) is 0. The summed E-state index contributed by atoms with van der Waals surface area (Å²) in [5.74, 6) is -1.39. The van der Waals surface area contributed by atoms with Crippen molar-refractivity contribution >= 4 is 23.7 Å². The van der Waals surface area contributed by atoms with E-state index in [1.165, 1.54) is 10.1 Å². The first-order valence-corrected chi connectivity index (χ1v) is 20.0. The van der Waals surface area contributed by atoms with Crippen molar-refractivity contribution < 1.29 is 28.6 Å². The lowest BCUT2D eigenvalue weighted by Gasteiger charge is -2.50. The molecule has 60 heavy (non-hydrogen) atoms. The fraction of sp³-hybridized carbons (Fsp3) is 0.245. The molecule has 0 unspecified atom stereocenters. The lowest BCUT2D eigenvalue weighted by molar-refractivity contribution is -0.171. The largest absolute Gasteiger partial charge is 0.463 e. The van der Waals surface area contributed by atoms with Crippen molar-refractivity contribution in [3.8, 4) is 0 Å². The van der Waals surface area contributed by atoms with Gasteiger partial charge < -0.3 is 19.5 Å². The SMILES string of the molecule is Cc1cc(COC(=O)CCC(=O)OC[C@@H]2CN(C(c3ccccc3)(c3ccccc3)c3ccccc3)C[C@H](n3ccc(NC(=O)c4ccccc4)nc3=O)O2)cc(C)c1C. The van der Waals surface area contributed by atoms with Gasteiger partial charge in [0.2, 0.25) is 0 Å². The average molecular weight is 805 g/mol. The number of morpholine rings is 1. The number of aromatic nitrogens is 2. The van der Waals surface area contributed by atoms with Gasteiger partial charge in [0.15, 0.2) is 6.23 Å². The normalized spacial score (nSPS) is 15.5. The highest BCUT2D eigenvalue weighted by molar-refractivity contribution is 6.03. The average Bonchev–Trinajstić information content (AvgIpc) is 3.27. The van der Waals surface area contributed by atoms with E-state index in [0.717, 1.165) is 33.4 Å². The molecule has 0 saturated carbocycles. The van der Waals surface area contributed by atoms with E-state index in [9.17, 15) is 19.2 Å². The zero-order valence-electron chi connectivity index (χ0n) is 34.0. The molecule has 1 N–H and O–H groups in total. The van der Waals surface area contributed by atoms with Crippen molar-refractivity contribution in [2.75, 3.05) is 25.0 Å². The molecule has 1 amide bonds. The highest BCUT2D eigenvalue weighted by atomic mass is 16.6. The molecule has 0 bridgehead atoms. The lowest BCUT2D eigenvalue weighted by atomic mass is 9.75. The molecule has 0 radical (unpaired) electrons. The van der Waals surface area contributed by atoms with Crippen LogP contribution in [0, 0.1) is 20.8 Å². The first kappa shape index (κ1) is 41.5. The summed E-state index contributed by atoms with van der Waals surface area (Å²) in [4.78, 5) is 59.0. The van der Waals surface area contributed by atoms with Gasteiger partial charge in [0.1, 0.15) is 25.1 Å². The highest BCUT2D eigenvalue weighted by Crippen LogP contribution is 2.44. The predicted molar refractivity (Wildman–Crippen MR) is 228 cm³/mol. The van der Waals surface area contributed by atoms with Crippen LogP contribution in [0.25, 0.3) is 0 Å². The molecule has 2 atom stereocenters. The van der Waals surface area contributed by atoms with Gasteiger partial charge in [0, 0.05) is 24.8 Å². The minimum absolute atomic E-state index is 0.0954. The maximum atomic E-state index is 13.8. The number of hydrogen-bond acceptors (Lipinski definition) is 9. The molecule has 1 aliphatic rings. The van der Waals surface area contributed by atoms with Gasteiger partial charge in [-0.2, -0.15) is 4.98 Å². The molecule has 7 rings (SSSR count). The topological polar surface area (TPSA) is 129 Å². The highest BCUT2D eigenvalue weighted by Gasteiger charge is 2.46. The molecule has 0 aliphatic carbocycles. The number of amides is 1. The Kier molecular flexibility index (Phi) is 13.1. The molecule has 11 heteroatoms. The van der Waals surface area contributed by atoms with Crippen LogP contribution in [0.3, 0.4) is 0 Å². The van der Waals surface area contributed by atoms with E-state index in [-0.39, 0.29) is 38.4 Å².